The Labute approximate surface area is 130 Å². The first-order valence-corrected chi connectivity index (χ1v) is 7.12. The van der Waals surface area contributed by atoms with Crippen LogP contribution < -0.4 is 19.5 Å². The molecule has 0 amide bonds. The van der Waals surface area contributed by atoms with Crippen molar-refractivity contribution in [3.8, 4) is 17.2 Å². The third-order valence-corrected chi connectivity index (χ3v) is 3.73. The fraction of sp³-hybridized carbons (Fsp3) is 0.200. The van der Waals surface area contributed by atoms with Crippen molar-refractivity contribution in [1.29, 1.82) is 0 Å². The van der Waals surface area contributed by atoms with Gasteiger partial charge in [0, 0.05) is 12.6 Å². The highest BCUT2D eigenvalue weighted by Crippen LogP contribution is 2.40. The highest BCUT2D eigenvalue weighted by atomic mass is 79.9. The molecule has 4 nitrogen and oxygen atoms in total. The van der Waals surface area contributed by atoms with Gasteiger partial charge in [0.2, 0.25) is 6.79 Å². The summed E-state index contributed by atoms with van der Waals surface area (Å²) in [7, 11) is 1.55. The third kappa shape index (κ3) is 2.90. The van der Waals surface area contributed by atoms with Gasteiger partial charge in [-0.1, -0.05) is 0 Å². The molecular weight excluding hydrogens is 341 g/mol. The van der Waals surface area contributed by atoms with Gasteiger partial charge < -0.3 is 19.5 Å². The van der Waals surface area contributed by atoms with Crippen molar-refractivity contribution < 1.29 is 18.6 Å². The van der Waals surface area contributed by atoms with Crippen molar-refractivity contribution in [2.75, 3.05) is 19.2 Å². The lowest BCUT2D eigenvalue weighted by atomic mass is 10.2. The predicted molar refractivity (Wildman–Crippen MR) is 80.5 cm³/mol. The summed E-state index contributed by atoms with van der Waals surface area (Å²) in [6, 6.07) is 8.36. The second-order valence-corrected chi connectivity index (χ2v) is 5.37. The van der Waals surface area contributed by atoms with Crippen LogP contribution in [0.5, 0.6) is 17.2 Å². The molecule has 0 saturated heterocycles. The van der Waals surface area contributed by atoms with E-state index in [1.54, 1.807) is 19.2 Å². The second kappa shape index (κ2) is 5.81. The first-order chi connectivity index (χ1) is 10.2. The minimum absolute atomic E-state index is 0.218. The van der Waals surface area contributed by atoms with Crippen LogP contribution in [0.25, 0.3) is 0 Å². The molecule has 1 aliphatic rings. The van der Waals surface area contributed by atoms with Crippen molar-refractivity contribution in [2.45, 2.75) is 6.54 Å². The van der Waals surface area contributed by atoms with Crippen molar-refractivity contribution in [2.24, 2.45) is 0 Å². The van der Waals surface area contributed by atoms with Gasteiger partial charge in [0.05, 0.1) is 17.3 Å². The maximum absolute atomic E-state index is 13.7. The molecule has 0 unspecified atom stereocenters. The molecule has 0 aromatic heterocycles. The van der Waals surface area contributed by atoms with E-state index in [0.29, 0.717) is 29.5 Å². The van der Waals surface area contributed by atoms with E-state index in [2.05, 4.69) is 21.2 Å². The fourth-order valence-corrected chi connectivity index (χ4v) is 2.69. The highest BCUT2D eigenvalue weighted by molar-refractivity contribution is 9.10. The largest absolute Gasteiger partial charge is 0.497 e. The van der Waals surface area contributed by atoms with Crippen LogP contribution in [0.3, 0.4) is 0 Å². The first-order valence-electron chi connectivity index (χ1n) is 6.33. The van der Waals surface area contributed by atoms with Crippen LogP contribution in [0.1, 0.15) is 5.56 Å². The Bertz CT molecular complexity index is 678. The van der Waals surface area contributed by atoms with Crippen LogP contribution in [-0.2, 0) is 6.54 Å². The van der Waals surface area contributed by atoms with Gasteiger partial charge in [-0.2, -0.15) is 0 Å². The van der Waals surface area contributed by atoms with E-state index >= 15 is 0 Å². The van der Waals surface area contributed by atoms with Crippen LogP contribution in [0.4, 0.5) is 10.1 Å². The molecule has 0 bridgehead atoms. The number of fused-ring (bicyclic) bond motifs is 1. The average Bonchev–Trinajstić information content (AvgIpc) is 2.95. The van der Waals surface area contributed by atoms with Gasteiger partial charge in [0.15, 0.2) is 11.5 Å². The smallest absolute Gasteiger partial charge is 0.231 e. The summed E-state index contributed by atoms with van der Waals surface area (Å²) < 4.78 is 30.3. The Kier molecular flexibility index (Phi) is 3.88. The van der Waals surface area contributed by atoms with Gasteiger partial charge in [0.1, 0.15) is 11.6 Å². The minimum atomic E-state index is -0.324. The molecule has 1 aliphatic heterocycles. The van der Waals surface area contributed by atoms with E-state index in [0.717, 1.165) is 10.0 Å². The molecule has 2 aromatic rings. The van der Waals surface area contributed by atoms with Gasteiger partial charge in [-0.3, -0.25) is 0 Å². The molecule has 2 aromatic carbocycles. The average molecular weight is 354 g/mol. The van der Waals surface area contributed by atoms with Gasteiger partial charge in [-0.25, -0.2) is 4.39 Å². The number of anilines is 1. The quantitative estimate of drug-likeness (QED) is 0.903. The lowest BCUT2D eigenvalue weighted by molar-refractivity contribution is 0.173. The molecule has 21 heavy (non-hydrogen) atoms. The molecule has 0 aliphatic carbocycles. The van der Waals surface area contributed by atoms with E-state index in [1.165, 1.54) is 6.07 Å². The SMILES string of the molecule is COc1ccc(F)c(NCc2cc(Br)c3c(c2)OCO3)c1. The van der Waals surface area contributed by atoms with E-state index < -0.39 is 0 Å². The summed E-state index contributed by atoms with van der Waals surface area (Å²) in [5.74, 6) is 1.67. The van der Waals surface area contributed by atoms with Crippen LogP contribution in [0, 0.1) is 5.82 Å². The van der Waals surface area contributed by atoms with Crippen LogP contribution in [0.15, 0.2) is 34.8 Å². The second-order valence-electron chi connectivity index (χ2n) is 4.51. The summed E-state index contributed by atoms with van der Waals surface area (Å²) in [4.78, 5) is 0. The molecule has 110 valence electrons. The van der Waals surface area contributed by atoms with Gasteiger partial charge in [-0.15, -0.1) is 0 Å². The van der Waals surface area contributed by atoms with E-state index in [-0.39, 0.29) is 12.6 Å². The first kappa shape index (κ1) is 14.0. The van der Waals surface area contributed by atoms with Crippen LogP contribution in [-0.4, -0.2) is 13.9 Å². The zero-order valence-corrected chi connectivity index (χ0v) is 12.9. The predicted octanol–water partition coefficient (Wildman–Crippen LogP) is 3.94. The summed E-state index contributed by atoms with van der Waals surface area (Å²) in [6.45, 7) is 0.675. The minimum Gasteiger partial charge on any atom is -0.497 e. The summed E-state index contributed by atoms with van der Waals surface area (Å²) in [5, 5.41) is 3.05. The molecule has 3 rings (SSSR count). The number of halogens is 2. The lowest BCUT2D eigenvalue weighted by Crippen LogP contribution is -2.02. The molecule has 1 heterocycles. The van der Waals surface area contributed by atoms with E-state index in [1.807, 2.05) is 12.1 Å². The normalized spacial score (nSPS) is 12.3. The zero-order chi connectivity index (χ0) is 14.8. The van der Waals surface area contributed by atoms with Crippen molar-refractivity contribution in [1.82, 2.24) is 0 Å². The molecule has 0 fully saturated rings. The summed E-state index contributed by atoms with van der Waals surface area (Å²) in [6.07, 6.45) is 0. The van der Waals surface area contributed by atoms with Crippen molar-refractivity contribution in [3.05, 3.63) is 46.2 Å². The third-order valence-electron chi connectivity index (χ3n) is 3.14. The maximum atomic E-state index is 13.7. The van der Waals surface area contributed by atoms with Crippen molar-refractivity contribution >= 4 is 21.6 Å². The van der Waals surface area contributed by atoms with Crippen LogP contribution in [0.2, 0.25) is 0 Å². The lowest BCUT2D eigenvalue weighted by Gasteiger charge is -2.10. The maximum Gasteiger partial charge on any atom is 0.231 e. The van der Waals surface area contributed by atoms with Crippen LogP contribution >= 0.6 is 15.9 Å². The fourth-order valence-electron chi connectivity index (χ4n) is 2.09. The zero-order valence-electron chi connectivity index (χ0n) is 11.3. The molecule has 0 radical (unpaired) electrons. The molecule has 0 spiro atoms. The van der Waals surface area contributed by atoms with E-state index in [9.17, 15) is 4.39 Å². The molecule has 0 atom stereocenters. The summed E-state index contributed by atoms with van der Waals surface area (Å²) >= 11 is 3.43. The number of hydrogen-bond acceptors (Lipinski definition) is 4. The Morgan fingerprint density at radius 3 is 2.95 bits per heavy atom. The molecule has 6 heteroatoms. The van der Waals surface area contributed by atoms with Gasteiger partial charge in [0.25, 0.3) is 0 Å². The standard InChI is InChI=1S/C15H13BrFNO3/c1-19-10-2-3-12(17)13(6-10)18-7-9-4-11(16)15-14(5-9)20-8-21-15/h2-6,18H,7-8H2,1H3. The van der Waals surface area contributed by atoms with Gasteiger partial charge in [-0.05, 0) is 45.8 Å². The topological polar surface area (TPSA) is 39.7 Å². The Morgan fingerprint density at radius 2 is 2.14 bits per heavy atom. The molecule has 1 N–H and O–H groups in total. The number of rotatable bonds is 4. The van der Waals surface area contributed by atoms with Gasteiger partial charge >= 0.3 is 0 Å². The number of benzene rings is 2. The Hall–Kier alpha value is -1.95. The highest BCUT2D eigenvalue weighted by Gasteiger charge is 2.18. The summed E-state index contributed by atoms with van der Waals surface area (Å²) in [5.41, 5.74) is 1.34. The van der Waals surface area contributed by atoms with E-state index in [4.69, 9.17) is 14.2 Å². The number of nitrogens with one attached hydrogen (secondary N) is 1. The number of methoxy groups -OCH3 is 1. The number of ether oxygens (including phenoxy) is 3. The molecule has 0 saturated carbocycles. The Balaban J connectivity index is 1.78. The van der Waals surface area contributed by atoms with Crippen molar-refractivity contribution in [3.63, 3.8) is 0 Å². The molecular formula is C15H13BrFNO3. The Morgan fingerprint density at radius 1 is 1.29 bits per heavy atom. The monoisotopic (exact) mass is 353 g/mol. The number of hydrogen-bond donors (Lipinski definition) is 1.